The molecule has 0 saturated heterocycles. The van der Waals surface area contributed by atoms with E-state index in [0.717, 1.165) is 12.1 Å². The maximum absolute atomic E-state index is 13.4. The Kier molecular flexibility index (Phi) is 5.00. The Labute approximate surface area is 131 Å². The fourth-order valence-corrected chi connectivity index (χ4v) is 1.87. The zero-order chi connectivity index (χ0) is 17.0. The molecule has 23 heavy (non-hydrogen) atoms. The van der Waals surface area contributed by atoms with Crippen molar-refractivity contribution in [3.8, 4) is 5.75 Å². The van der Waals surface area contributed by atoms with Crippen LogP contribution in [0.25, 0.3) is 0 Å². The van der Waals surface area contributed by atoms with Gasteiger partial charge in [0.1, 0.15) is 22.9 Å². The van der Waals surface area contributed by atoms with E-state index in [9.17, 15) is 18.7 Å². The number of nitrogens with one attached hydrogen (secondary N) is 1. The molecule has 1 aromatic heterocycles. The van der Waals surface area contributed by atoms with Crippen molar-refractivity contribution in [1.82, 2.24) is 5.32 Å². The maximum Gasteiger partial charge on any atom is 0.258 e. The van der Waals surface area contributed by atoms with Gasteiger partial charge in [-0.2, -0.15) is 0 Å². The van der Waals surface area contributed by atoms with Crippen molar-refractivity contribution in [3.63, 3.8) is 0 Å². The number of aliphatic hydroxyl groups is 1. The lowest BCUT2D eigenvalue weighted by Crippen LogP contribution is -2.40. The maximum atomic E-state index is 13.4. The Morgan fingerprint density at radius 3 is 2.70 bits per heavy atom. The van der Waals surface area contributed by atoms with Crippen LogP contribution in [-0.4, -0.2) is 24.2 Å². The monoisotopic (exact) mass is 325 g/mol. The molecule has 1 unspecified atom stereocenters. The number of rotatable bonds is 6. The number of carbonyl (C=O) groups excluding carboxylic acids is 1. The SMILES string of the molecule is Cc1ccc(C(C)(O)CNC(=O)COc2ccc(F)cc2F)o1. The summed E-state index contributed by atoms with van der Waals surface area (Å²) in [6.45, 7) is 2.67. The van der Waals surface area contributed by atoms with Gasteiger partial charge < -0.3 is 19.6 Å². The highest BCUT2D eigenvalue weighted by molar-refractivity contribution is 5.77. The van der Waals surface area contributed by atoms with Gasteiger partial charge in [-0.05, 0) is 38.1 Å². The molecule has 1 atom stereocenters. The Morgan fingerprint density at radius 1 is 1.35 bits per heavy atom. The molecule has 0 aliphatic carbocycles. The second kappa shape index (κ2) is 6.78. The number of ether oxygens (including phenoxy) is 1. The smallest absolute Gasteiger partial charge is 0.258 e. The van der Waals surface area contributed by atoms with Gasteiger partial charge in [-0.1, -0.05) is 0 Å². The lowest BCUT2D eigenvalue weighted by atomic mass is 10.0. The number of aryl methyl sites for hydroxylation is 1. The molecule has 0 bridgehead atoms. The summed E-state index contributed by atoms with van der Waals surface area (Å²) < 4.78 is 36.4. The van der Waals surface area contributed by atoms with Gasteiger partial charge in [0.25, 0.3) is 5.91 Å². The van der Waals surface area contributed by atoms with Crippen molar-refractivity contribution in [3.05, 3.63) is 53.5 Å². The van der Waals surface area contributed by atoms with Gasteiger partial charge in [-0.15, -0.1) is 0 Å². The van der Waals surface area contributed by atoms with Crippen LogP contribution in [0.2, 0.25) is 0 Å². The lowest BCUT2D eigenvalue weighted by Gasteiger charge is -2.21. The van der Waals surface area contributed by atoms with Crippen LogP contribution < -0.4 is 10.1 Å². The predicted octanol–water partition coefficient (Wildman–Crippen LogP) is 2.27. The predicted molar refractivity (Wildman–Crippen MR) is 77.9 cm³/mol. The van der Waals surface area contributed by atoms with Gasteiger partial charge in [0.2, 0.25) is 0 Å². The van der Waals surface area contributed by atoms with E-state index in [1.54, 1.807) is 19.1 Å². The molecular formula is C16H17F2NO4. The topological polar surface area (TPSA) is 71.7 Å². The molecule has 1 aromatic carbocycles. The number of carbonyl (C=O) groups is 1. The second-order valence-electron chi connectivity index (χ2n) is 5.32. The van der Waals surface area contributed by atoms with Crippen LogP contribution in [0.15, 0.2) is 34.7 Å². The molecule has 2 N–H and O–H groups in total. The molecule has 7 heteroatoms. The van der Waals surface area contributed by atoms with Crippen LogP contribution in [0, 0.1) is 18.6 Å². The summed E-state index contributed by atoms with van der Waals surface area (Å²) in [5.41, 5.74) is -1.38. The molecule has 0 saturated carbocycles. The average molecular weight is 325 g/mol. The van der Waals surface area contributed by atoms with E-state index in [4.69, 9.17) is 9.15 Å². The first-order chi connectivity index (χ1) is 10.8. The zero-order valence-electron chi connectivity index (χ0n) is 12.7. The summed E-state index contributed by atoms with van der Waals surface area (Å²) in [5.74, 6) is -1.45. The molecule has 0 aliphatic heterocycles. The van der Waals surface area contributed by atoms with Crippen LogP contribution in [0.1, 0.15) is 18.4 Å². The molecular weight excluding hydrogens is 308 g/mol. The third kappa shape index (κ3) is 4.53. The molecule has 0 spiro atoms. The molecule has 2 rings (SSSR count). The van der Waals surface area contributed by atoms with Crippen LogP contribution in [-0.2, 0) is 10.4 Å². The largest absolute Gasteiger partial charge is 0.481 e. The Bertz CT molecular complexity index is 697. The normalized spacial score (nSPS) is 13.4. The number of hydrogen-bond donors (Lipinski definition) is 2. The van der Waals surface area contributed by atoms with E-state index in [0.29, 0.717) is 17.6 Å². The second-order valence-corrected chi connectivity index (χ2v) is 5.32. The minimum Gasteiger partial charge on any atom is -0.481 e. The van der Waals surface area contributed by atoms with Crippen molar-refractivity contribution in [1.29, 1.82) is 0 Å². The first kappa shape index (κ1) is 17.0. The first-order valence-corrected chi connectivity index (χ1v) is 6.92. The molecule has 0 fully saturated rings. The van der Waals surface area contributed by atoms with Crippen molar-refractivity contribution < 1.29 is 27.8 Å². The Hall–Kier alpha value is -2.41. The number of hydrogen-bond acceptors (Lipinski definition) is 4. The van der Waals surface area contributed by atoms with E-state index in [1.165, 1.54) is 6.92 Å². The van der Waals surface area contributed by atoms with Crippen molar-refractivity contribution in [2.75, 3.05) is 13.2 Å². The minimum absolute atomic E-state index is 0.103. The number of furan rings is 1. The third-order valence-corrected chi connectivity index (χ3v) is 3.15. The van der Waals surface area contributed by atoms with E-state index in [1.807, 2.05) is 0 Å². The van der Waals surface area contributed by atoms with Gasteiger partial charge in [0.15, 0.2) is 18.2 Å². The highest BCUT2D eigenvalue weighted by atomic mass is 19.1. The summed E-state index contributed by atoms with van der Waals surface area (Å²) in [4.78, 5) is 11.7. The van der Waals surface area contributed by atoms with Crippen molar-refractivity contribution in [2.45, 2.75) is 19.4 Å². The fourth-order valence-electron chi connectivity index (χ4n) is 1.87. The Balaban J connectivity index is 1.85. The molecule has 124 valence electrons. The fraction of sp³-hybridized carbons (Fsp3) is 0.312. The van der Waals surface area contributed by atoms with E-state index in [-0.39, 0.29) is 12.3 Å². The van der Waals surface area contributed by atoms with Crippen LogP contribution in [0.5, 0.6) is 5.75 Å². The quantitative estimate of drug-likeness (QED) is 0.855. The zero-order valence-corrected chi connectivity index (χ0v) is 12.7. The summed E-state index contributed by atoms with van der Waals surface area (Å²) in [5, 5.41) is 12.7. The number of benzene rings is 1. The Morgan fingerprint density at radius 2 is 2.09 bits per heavy atom. The summed E-state index contributed by atoms with van der Waals surface area (Å²) >= 11 is 0. The van der Waals surface area contributed by atoms with Crippen LogP contribution in [0.4, 0.5) is 8.78 Å². The minimum atomic E-state index is -1.38. The molecule has 0 radical (unpaired) electrons. The molecule has 0 aliphatic rings. The summed E-state index contributed by atoms with van der Waals surface area (Å²) in [6, 6.07) is 6.11. The standard InChI is InChI=1S/C16H17F2NO4/c1-10-3-6-14(23-10)16(2,21)9-19-15(20)8-22-13-5-4-11(17)7-12(13)18/h3-7,21H,8-9H2,1-2H3,(H,19,20). The molecule has 5 nitrogen and oxygen atoms in total. The van der Waals surface area contributed by atoms with Crippen molar-refractivity contribution in [2.24, 2.45) is 0 Å². The van der Waals surface area contributed by atoms with Crippen LogP contribution >= 0.6 is 0 Å². The average Bonchev–Trinajstić information content (AvgIpc) is 2.92. The molecule has 1 amide bonds. The highest BCUT2D eigenvalue weighted by Crippen LogP contribution is 2.22. The number of halogens is 2. The van der Waals surface area contributed by atoms with Gasteiger partial charge in [-0.25, -0.2) is 8.78 Å². The van der Waals surface area contributed by atoms with E-state index >= 15 is 0 Å². The van der Waals surface area contributed by atoms with Crippen LogP contribution in [0.3, 0.4) is 0 Å². The van der Waals surface area contributed by atoms with Gasteiger partial charge in [0, 0.05) is 6.07 Å². The van der Waals surface area contributed by atoms with E-state index in [2.05, 4.69) is 5.32 Å². The lowest BCUT2D eigenvalue weighted by molar-refractivity contribution is -0.124. The summed E-state index contributed by atoms with van der Waals surface area (Å²) in [6.07, 6.45) is 0. The van der Waals surface area contributed by atoms with E-state index < -0.39 is 29.7 Å². The van der Waals surface area contributed by atoms with Crippen molar-refractivity contribution >= 4 is 5.91 Å². The van der Waals surface area contributed by atoms with Gasteiger partial charge in [-0.3, -0.25) is 4.79 Å². The summed E-state index contributed by atoms with van der Waals surface area (Å²) in [7, 11) is 0. The van der Waals surface area contributed by atoms with Gasteiger partial charge >= 0.3 is 0 Å². The molecule has 1 heterocycles. The molecule has 2 aromatic rings. The highest BCUT2D eigenvalue weighted by Gasteiger charge is 2.27. The number of amides is 1. The first-order valence-electron chi connectivity index (χ1n) is 6.92. The van der Waals surface area contributed by atoms with Gasteiger partial charge in [0.05, 0.1) is 6.54 Å². The third-order valence-electron chi connectivity index (χ3n) is 3.15.